The van der Waals surface area contributed by atoms with Gasteiger partial charge in [0.05, 0.1) is 0 Å². The van der Waals surface area contributed by atoms with Gasteiger partial charge >= 0.3 is 0 Å². The van der Waals surface area contributed by atoms with E-state index in [1.165, 1.54) is 5.56 Å². The smallest absolute Gasteiger partial charge is 0.219 e. The number of aromatic nitrogens is 2. The summed E-state index contributed by atoms with van der Waals surface area (Å²) < 4.78 is 13.8. The second kappa shape index (κ2) is 6.41. The number of halogens is 1. The summed E-state index contributed by atoms with van der Waals surface area (Å²) in [7, 11) is 0. The van der Waals surface area contributed by atoms with Crippen LogP contribution < -0.4 is 0 Å². The Hall–Kier alpha value is -1.77. The van der Waals surface area contributed by atoms with Crippen molar-refractivity contribution in [1.82, 2.24) is 9.97 Å². The van der Waals surface area contributed by atoms with Crippen LogP contribution in [0.3, 0.4) is 0 Å². The number of aryl methyl sites for hydroxylation is 2. The first-order valence-corrected chi connectivity index (χ1v) is 6.85. The van der Waals surface area contributed by atoms with Gasteiger partial charge in [-0.25, -0.2) is 4.98 Å². The van der Waals surface area contributed by atoms with Gasteiger partial charge in [0.25, 0.3) is 0 Å². The first kappa shape index (κ1) is 13.7. The lowest BCUT2D eigenvalue weighted by molar-refractivity contribution is 0.561. The Morgan fingerprint density at radius 2 is 1.68 bits per heavy atom. The number of hydrogen-bond acceptors (Lipinski definition) is 2. The largest absolute Gasteiger partial charge is 0.236 e. The highest BCUT2D eigenvalue weighted by molar-refractivity contribution is 5.55. The van der Waals surface area contributed by atoms with E-state index in [-0.39, 0.29) is 0 Å². The summed E-state index contributed by atoms with van der Waals surface area (Å²) >= 11 is 0. The van der Waals surface area contributed by atoms with Gasteiger partial charge in [-0.2, -0.15) is 9.37 Å². The van der Waals surface area contributed by atoms with Crippen molar-refractivity contribution < 1.29 is 4.39 Å². The fraction of sp³-hybridized carbons (Fsp3) is 0.375. The van der Waals surface area contributed by atoms with Gasteiger partial charge in [-0.3, -0.25) is 0 Å². The third-order valence-electron chi connectivity index (χ3n) is 3.08. The Morgan fingerprint density at radius 3 is 2.26 bits per heavy atom. The van der Waals surface area contributed by atoms with Gasteiger partial charge in [0.15, 0.2) is 5.82 Å². The molecule has 100 valence electrons. The average molecular weight is 258 g/mol. The molecule has 0 N–H and O–H groups in total. The molecule has 0 aliphatic heterocycles. The van der Waals surface area contributed by atoms with Gasteiger partial charge in [-0.05, 0) is 18.4 Å². The van der Waals surface area contributed by atoms with E-state index in [0.29, 0.717) is 17.8 Å². The van der Waals surface area contributed by atoms with Crippen molar-refractivity contribution in [3.05, 3.63) is 47.5 Å². The van der Waals surface area contributed by atoms with Crippen LogP contribution in [0.5, 0.6) is 0 Å². The lowest BCUT2D eigenvalue weighted by Gasteiger charge is -2.05. The fourth-order valence-electron chi connectivity index (χ4n) is 2.07. The van der Waals surface area contributed by atoms with Crippen molar-refractivity contribution in [2.75, 3.05) is 0 Å². The van der Waals surface area contributed by atoms with Gasteiger partial charge in [-0.1, -0.05) is 51.0 Å². The van der Waals surface area contributed by atoms with Gasteiger partial charge < -0.3 is 0 Å². The minimum atomic E-state index is -0.399. The molecule has 0 amide bonds. The van der Waals surface area contributed by atoms with E-state index in [4.69, 9.17) is 0 Å². The summed E-state index contributed by atoms with van der Waals surface area (Å²) in [5, 5.41) is 0. The standard InChI is InChI=1S/C16H19FN2/c1-3-5-12-7-9-13(10-8-12)16-18-11-14(6-4-2)15(17)19-16/h7-11H,3-6H2,1-2H3. The fourth-order valence-corrected chi connectivity index (χ4v) is 2.07. The molecule has 2 aromatic rings. The van der Waals surface area contributed by atoms with Gasteiger partial charge in [0.2, 0.25) is 5.95 Å². The van der Waals surface area contributed by atoms with E-state index in [2.05, 4.69) is 29.0 Å². The van der Waals surface area contributed by atoms with E-state index < -0.39 is 5.95 Å². The Labute approximate surface area is 113 Å². The summed E-state index contributed by atoms with van der Waals surface area (Å²) in [4.78, 5) is 8.21. The molecule has 0 bridgehead atoms. The summed E-state index contributed by atoms with van der Waals surface area (Å²) in [5.74, 6) is 0.0601. The van der Waals surface area contributed by atoms with Crippen molar-refractivity contribution in [1.29, 1.82) is 0 Å². The molecule has 0 fully saturated rings. The Morgan fingerprint density at radius 1 is 1.00 bits per heavy atom. The zero-order chi connectivity index (χ0) is 13.7. The molecule has 2 nitrogen and oxygen atoms in total. The van der Waals surface area contributed by atoms with Crippen LogP contribution in [-0.2, 0) is 12.8 Å². The molecular weight excluding hydrogens is 239 g/mol. The van der Waals surface area contributed by atoms with E-state index in [1.807, 2.05) is 19.1 Å². The molecule has 1 aromatic heterocycles. The van der Waals surface area contributed by atoms with Crippen molar-refractivity contribution in [2.45, 2.75) is 39.5 Å². The lowest BCUT2D eigenvalue weighted by atomic mass is 10.1. The van der Waals surface area contributed by atoms with E-state index in [0.717, 1.165) is 24.8 Å². The number of nitrogens with zero attached hydrogens (tertiary/aromatic N) is 2. The first-order chi connectivity index (χ1) is 9.24. The number of benzene rings is 1. The average Bonchev–Trinajstić information content (AvgIpc) is 2.43. The van der Waals surface area contributed by atoms with E-state index >= 15 is 0 Å². The topological polar surface area (TPSA) is 25.8 Å². The zero-order valence-electron chi connectivity index (χ0n) is 11.5. The predicted molar refractivity (Wildman–Crippen MR) is 75.4 cm³/mol. The summed E-state index contributed by atoms with van der Waals surface area (Å²) in [6.07, 6.45) is 5.36. The molecule has 1 aromatic carbocycles. The minimum absolute atomic E-state index is 0.399. The second-order valence-electron chi connectivity index (χ2n) is 4.71. The maximum atomic E-state index is 13.8. The molecule has 0 unspecified atom stereocenters. The normalized spacial score (nSPS) is 10.7. The molecule has 2 rings (SSSR count). The molecule has 0 saturated carbocycles. The molecule has 0 aliphatic rings. The van der Waals surface area contributed by atoms with Crippen LogP contribution in [-0.4, -0.2) is 9.97 Å². The third-order valence-corrected chi connectivity index (χ3v) is 3.08. The van der Waals surface area contributed by atoms with Gasteiger partial charge in [0.1, 0.15) is 0 Å². The Balaban J connectivity index is 2.24. The molecular formula is C16H19FN2. The summed E-state index contributed by atoms with van der Waals surface area (Å²) in [5.41, 5.74) is 2.74. The molecule has 1 heterocycles. The van der Waals surface area contributed by atoms with Crippen molar-refractivity contribution in [3.8, 4) is 11.4 Å². The minimum Gasteiger partial charge on any atom is -0.236 e. The Kier molecular flexibility index (Phi) is 4.61. The van der Waals surface area contributed by atoms with Crippen LogP contribution in [0, 0.1) is 5.95 Å². The second-order valence-corrected chi connectivity index (χ2v) is 4.71. The maximum absolute atomic E-state index is 13.8. The quantitative estimate of drug-likeness (QED) is 0.752. The highest BCUT2D eigenvalue weighted by Gasteiger charge is 2.07. The summed E-state index contributed by atoms with van der Waals surface area (Å²) in [6, 6.07) is 8.03. The molecule has 0 saturated heterocycles. The molecule has 0 radical (unpaired) electrons. The van der Waals surface area contributed by atoms with Crippen LogP contribution >= 0.6 is 0 Å². The zero-order valence-corrected chi connectivity index (χ0v) is 11.5. The highest BCUT2D eigenvalue weighted by Crippen LogP contribution is 2.18. The van der Waals surface area contributed by atoms with Crippen molar-refractivity contribution in [2.24, 2.45) is 0 Å². The van der Waals surface area contributed by atoms with Gasteiger partial charge in [0, 0.05) is 17.3 Å². The SMILES string of the molecule is CCCc1ccc(-c2ncc(CCC)c(F)n2)cc1. The maximum Gasteiger partial charge on any atom is 0.219 e. The Bertz CT molecular complexity index is 535. The first-order valence-electron chi connectivity index (χ1n) is 6.85. The summed E-state index contributed by atoms with van der Waals surface area (Å²) in [6.45, 7) is 4.17. The lowest BCUT2D eigenvalue weighted by Crippen LogP contribution is -1.99. The van der Waals surface area contributed by atoms with E-state index in [9.17, 15) is 4.39 Å². The van der Waals surface area contributed by atoms with Crippen LogP contribution in [0.1, 0.15) is 37.8 Å². The molecule has 0 aliphatic carbocycles. The van der Waals surface area contributed by atoms with Crippen LogP contribution in [0.2, 0.25) is 0 Å². The third kappa shape index (κ3) is 3.37. The van der Waals surface area contributed by atoms with Crippen LogP contribution in [0.25, 0.3) is 11.4 Å². The number of rotatable bonds is 5. The van der Waals surface area contributed by atoms with Crippen molar-refractivity contribution in [3.63, 3.8) is 0 Å². The monoisotopic (exact) mass is 258 g/mol. The molecule has 3 heteroatoms. The predicted octanol–water partition coefficient (Wildman–Crippen LogP) is 4.19. The van der Waals surface area contributed by atoms with Crippen LogP contribution in [0.15, 0.2) is 30.5 Å². The highest BCUT2D eigenvalue weighted by atomic mass is 19.1. The van der Waals surface area contributed by atoms with Crippen molar-refractivity contribution >= 4 is 0 Å². The number of hydrogen-bond donors (Lipinski definition) is 0. The molecule has 0 atom stereocenters. The van der Waals surface area contributed by atoms with Gasteiger partial charge in [-0.15, -0.1) is 0 Å². The van der Waals surface area contributed by atoms with E-state index in [1.54, 1.807) is 6.20 Å². The molecule has 0 spiro atoms. The van der Waals surface area contributed by atoms with Crippen LogP contribution in [0.4, 0.5) is 4.39 Å². The molecule has 19 heavy (non-hydrogen) atoms.